The zero-order valence-electron chi connectivity index (χ0n) is 15.2. The first-order valence-corrected chi connectivity index (χ1v) is 10.4. The molecule has 7 heteroatoms. The molecule has 1 aliphatic heterocycles. The number of piperidine rings is 1. The molecule has 1 N–H and O–H groups in total. The average Bonchev–Trinajstić information content (AvgIpc) is 2.67. The minimum absolute atomic E-state index is 0.0342. The lowest BCUT2D eigenvalue weighted by molar-refractivity contribution is 0.0950. The second-order valence-electron chi connectivity index (χ2n) is 6.89. The Balaban J connectivity index is 1.73. The van der Waals surface area contributed by atoms with Gasteiger partial charge < -0.3 is 5.32 Å². The highest BCUT2D eigenvalue weighted by Crippen LogP contribution is 2.24. The van der Waals surface area contributed by atoms with E-state index in [-0.39, 0.29) is 17.0 Å². The third kappa shape index (κ3) is 4.54. The van der Waals surface area contributed by atoms with Gasteiger partial charge in [-0.1, -0.05) is 31.2 Å². The van der Waals surface area contributed by atoms with E-state index in [2.05, 4.69) is 12.2 Å². The largest absolute Gasteiger partial charge is 0.348 e. The molecule has 0 atom stereocenters. The first-order valence-electron chi connectivity index (χ1n) is 9.00. The number of rotatable bonds is 5. The van der Waals surface area contributed by atoms with E-state index >= 15 is 0 Å². The Morgan fingerprint density at radius 2 is 1.85 bits per heavy atom. The van der Waals surface area contributed by atoms with Gasteiger partial charge in [0.2, 0.25) is 10.0 Å². The number of nitrogens with zero attached hydrogens (tertiary/aromatic N) is 1. The molecule has 1 amide bonds. The van der Waals surface area contributed by atoms with Gasteiger partial charge in [0.15, 0.2) is 0 Å². The average molecular weight is 390 g/mol. The molecule has 1 saturated heterocycles. The normalized spacial score (nSPS) is 16.2. The van der Waals surface area contributed by atoms with E-state index in [9.17, 15) is 17.6 Å². The van der Waals surface area contributed by atoms with Crippen LogP contribution in [0.1, 0.15) is 35.7 Å². The Bertz CT molecular complexity index is 922. The lowest BCUT2D eigenvalue weighted by Crippen LogP contribution is -2.38. The predicted octanol–water partition coefficient (Wildman–Crippen LogP) is 3.18. The fourth-order valence-electron chi connectivity index (χ4n) is 3.09. The molecule has 0 saturated carbocycles. The number of carbonyl (C=O) groups excluding carboxylic acids is 1. The molecule has 2 aromatic rings. The lowest BCUT2D eigenvalue weighted by atomic mass is 10.0. The summed E-state index contributed by atoms with van der Waals surface area (Å²) in [6.45, 7) is 3.14. The summed E-state index contributed by atoms with van der Waals surface area (Å²) in [5.74, 6) is -0.317. The fourth-order valence-corrected chi connectivity index (χ4v) is 4.61. The molecular formula is C20H23FN2O3S. The Kier molecular flexibility index (Phi) is 5.92. The van der Waals surface area contributed by atoms with Gasteiger partial charge in [-0.05, 0) is 43.0 Å². The van der Waals surface area contributed by atoms with E-state index in [4.69, 9.17) is 0 Å². The Morgan fingerprint density at radius 1 is 1.15 bits per heavy atom. The first-order chi connectivity index (χ1) is 12.9. The maximum Gasteiger partial charge on any atom is 0.251 e. The van der Waals surface area contributed by atoms with Gasteiger partial charge in [0.25, 0.3) is 5.91 Å². The van der Waals surface area contributed by atoms with Crippen molar-refractivity contribution in [3.05, 3.63) is 65.5 Å². The van der Waals surface area contributed by atoms with Crippen LogP contribution in [0.25, 0.3) is 0 Å². The summed E-state index contributed by atoms with van der Waals surface area (Å²) in [4.78, 5) is 12.5. The second-order valence-corrected chi connectivity index (χ2v) is 8.83. The third-order valence-corrected chi connectivity index (χ3v) is 6.77. The van der Waals surface area contributed by atoms with Crippen LogP contribution in [0.3, 0.4) is 0 Å². The highest BCUT2D eigenvalue weighted by Gasteiger charge is 2.28. The van der Waals surface area contributed by atoms with Crippen LogP contribution in [0.5, 0.6) is 0 Å². The highest BCUT2D eigenvalue weighted by molar-refractivity contribution is 7.89. The minimum atomic E-state index is -3.62. The lowest BCUT2D eigenvalue weighted by Gasteiger charge is -2.29. The van der Waals surface area contributed by atoms with Crippen LogP contribution in [-0.2, 0) is 16.6 Å². The number of amides is 1. The summed E-state index contributed by atoms with van der Waals surface area (Å²) in [5, 5.41) is 2.63. The standard InChI is InChI=1S/C20H23FN2O3S/c1-15-9-11-23(12-10-15)27(25,26)18-7-4-6-16(13-18)20(24)22-14-17-5-2-3-8-19(17)21/h2-8,13,15H,9-12,14H2,1H3,(H,22,24). The van der Waals surface area contributed by atoms with Gasteiger partial charge in [-0.2, -0.15) is 4.31 Å². The van der Waals surface area contributed by atoms with Crippen molar-refractivity contribution in [1.29, 1.82) is 0 Å². The van der Waals surface area contributed by atoms with Crippen LogP contribution in [-0.4, -0.2) is 31.7 Å². The molecule has 0 bridgehead atoms. The highest BCUT2D eigenvalue weighted by atomic mass is 32.2. The van der Waals surface area contributed by atoms with Crippen molar-refractivity contribution < 1.29 is 17.6 Å². The maximum atomic E-state index is 13.7. The number of sulfonamides is 1. The van der Waals surface area contributed by atoms with Crippen molar-refractivity contribution >= 4 is 15.9 Å². The van der Waals surface area contributed by atoms with Gasteiger partial charge in [-0.15, -0.1) is 0 Å². The predicted molar refractivity (Wildman–Crippen MR) is 101 cm³/mol. The van der Waals surface area contributed by atoms with Crippen molar-refractivity contribution in [2.24, 2.45) is 5.92 Å². The molecule has 0 radical (unpaired) electrons. The van der Waals surface area contributed by atoms with Gasteiger partial charge in [-0.3, -0.25) is 4.79 Å². The van der Waals surface area contributed by atoms with Crippen molar-refractivity contribution in [2.45, 2.75) is 31.2 Å². The molecule has 0 unspecified atom stereocenters. The molecule has 27 heavy (non-hydrogen) atoms. The van der Waals surface area contributed by atoms with Gasteiger partial charge in [-0.25, -0.2) is 12.8 Å². The molecule has 144 valence electrons. The molecule has 1 fully saturated rings. The number of nitrogens with one attached hydrogen (secondary N) is 1. The minimum Gasteiger partial charge on any atom is -0.348 e. The summed E-state index contributed by atoms with van der Waals surface area (Å²) in [6.07, 6.45) is 1.67. The molecule has 1 aliphatic rings. The molecule has 5 nitrogen and oxygen atoms in total. The van der Waals surface area contributed by atoms with Gasteiger partial charge >= 0.3 is 0 Å². The topological polar surface area (TPSA) is 66.5 Å². The Morgan fingerprint density at radius 3 is 2.56 bits per heavy atom. The van der Waals surface area contributed by atoms with E-state index in [0.29, 0.717) is 24.6 Å². The van der Waals surface area contributed by atoms with Gasteiger partial charge in [0.05, 0.1) is 4.90 Å². The zero-order chi connectivity index (χ0) is 19.4. The summed E-state index contributed by atoms with van der Waals surface area (Å²) >= 11 is 0. The summed E-state index contributed by atoms with van der Waals surface area (Å²) in [6, 6.07) is 12.2. The second kappa shape index (κ2) is 8.19. The molecular weight excluding hydrogens is 367 g/mol. The number of hydrogen-bond donors (Lipinski definition) is 1. The smallest absolute Gasteiger partial charge is 0.251 e. The van der Waals surface area contributed by atoms with Crippen LogP contribution >= 0.6 is 0 Å². The van der Waals surface area contributed by atoms with Crippen LogP contribution in [0.15, 0.2) is 53.4 Å². The first kappa shape index (κ1) is 19.5. The van der Waals surface area contributed by atoms with Crippen LogP contribution in [0.4, 0.5) is 4.39 Å². The molecule has 0 spiro atoms. The van der Waals surface area contributed by atoms with Crippen LogP contribution in [0, 0.1) is 11.7 Å². The van der Waals surface area contributed by atoms with Crippen molar-refractivity contribution in [1.82, 2.24) is 9.62 Å². The molecule has 2 aromatic carbocycles. The van der Waals surface area contributed by atoms with Gasteiger partial charge in [0, 0.05) is 30.8 Å². The quantitative estimate of drug-likeness (QED) is 0.853. The Labute approximate surface area is 159 Å². The van der Waals surface area contributed by atoms with Crippen LogP contribution in [0.2, 0.25) is 0 Å². The number of carbonyl (C=O) groups is 1. The summed E-state index contributed by atoms with van der Waals surface area (Å²) < 4.78 is 40.8. The Hall–Kier alpha value is -2.25. The van der Waals surface area contributed by atoms with E-state index < -0.39 is 21.7 Å². The SMILES string of the molecule is CC1CCN(S(=O)(=O)c2cccc(C(=O)NCc3ccccc3F)c2)CC1. The van der Waals surface area contributed by atoms with Gasteiger partial charge in [0.1, 0.15) is 5.82 Å². The number of benzene rings is 2. The van der Waals surface area contributed by atoms with E-state index in [1.807, 2.05) is 0 Å². The number of hydrogen-bond acceptors (Lipinski definition) is 3. The summed E-state index contributed by atoms with van der Waals surface area (Å²) in [7, 11) is -3.62. The molecule has 3 rings (SSSR count). The van der Waals surface area contributed by atoms with Crippen molar-refractivity contribution in [2.75, 3.05) is 13.1 Å². The third-order valence-electron chi connectivity index (χ3n) is 4.87. The molecule has 1 heterocycles. The molecule has 0 aromatic heterocycles. The zero-order valence-corrected chi connectivity index (χ0v) is 16.0. The fraction of sp³-hybridized carbons (Fsp3) is 0.350. The van der Waals surface area contributed by atoms with Crippen molar-refractivity contribution in [3.8, 4) is 0 Å². The van der Waals surface area contributed by atoms with E-state index in [1.54, 1.807) is 30.3 Å². The van der Waals surface area contributed by atoms with Crippen molar-refractivity contribution in [3.63, 3.8) is 0 Å². The monoisotopic (exact) mass is 390 g/mol. The van der Waals surface area contributed by atoms with E-state index in [0.717, 1.165) is 12.8 Å². The van der Waals surface area contributed by atoms with E-state index in [1.165, 1.54) is 22.5 Å². The molecule has 0 aliphatic carbocycles. The maximum absolute atomic E-state index is 13.7. The summed E-state index contributed by atoms with van der Waals surface area (Å²) in [5.41, 5.74) is 0.606. The number of halogens is 1. The van der Waals surface area contributed by atoms with Crippen LogP contribution < -0.4 is 5.32 Å².